The van der Waals surface area contributed by atoms with Crippen molar-refractivity contribution in [2.75, 3.05) is 14.2 Å². The van der Waals surface area contributed by atoms with E-state index < -0.39 is 23.9 Å². The standard InChI is InChI=1S/2C6H8O4/c1-9-5(7)3-4-6(8)10-2;1-3(5(7)8)4(2)6(9)10/h3-4H,1-2H3;1-2H3,(H,7,8)(H,9,10)/b;4-3-. The molecule has 0 aromatic carbocycles. The lowest BCUT2D eigenvalue weighted by Gasteiger charge is -1.95. The molecule has 0 aliphatic heterocycles. The van der Waals surface area contributed by atoms with Crippen molar-refractivity contribution >= 4 is 23.9 Å². The molecule has 0 aliphatic rings. The number of hydrogen-bond donors (Lipinski definition) is 2. The van der Waals surface area contributed by atoms with Gasteiger partial charge >= 0.3 is 23.9 Å². The van der Waals surface area contributed by atoms with Gasteiger partial charge in [-0.3, -0.25) is 0 Å². The van der Waals surface area contributed by atoms with Gasteiger partial charge in [-0.1, -0.05) is 0 Å². The van der Waals surface area contributed by atoms with E-state index in [0.29, 0.717) is 0 Å². The molecule has 0 saturated heterocycles. The summed E-state index contributed by atoms with van der Waals surface area (Å²) in [7, 11) is 2.45. The molecule has 0 spiro atoms. The number of carbonyl (C=O) groups is 4. The summed E-state index contributed by atoms with van der Waals surface area (Å²) in [5.74, 6) is -3.55. The summed E-state index contributed by atoms with van der Waals surface area (Å²) in [5, 5.41) is 16.6. The second-order valence-electron chi connectivity index (χ2n) is 3.24. The maximum atomic E-state index is 10.3. The molecule has 0 unspecified atom stereocenters. The van der Waals surface area contributed by atoms with Gasteiger partial charge in [-0.05, 0) is 13.8 Å². The smallest absolute Gasteiger partial charge is 0.331 e. The molecule has 2 N–H and O–H groups in total. The van der Waals surface area contributed by atoms with Crippen LogP contribution in [-0.4, -0.2) is 48.3 Å². The van der Waals surface area contributed by atoms with Gasteiger partial charge in [0.1, 0.15) is 0 Å². The monoisotopic (exact) mass is 288 g/mol. The van der Waals surface area contributed by atoms with E-state index in [1.807, 2.05) is 0 Å². The average Bonchev–Trinajstić information content (AvgIpc) is 2.42. The Balaban J connectivity index is 0. The fourth-order valence-corrected chi connectivity index (χ4v) is 0.593. The first kappa shape index (κ1) is 19.7. The van der Waals surface area contributed by atoms with Gasteiger partial charge in [-0.2, -0.15) is 0 Å². The molecular weight excluding hydrogens is 272 g/mol. The zero-order chi connectivity index (χ0) is 16.3. The summed E-state index contributed by atoms with van der Waals surface area (Å²) in [6, 6.07) is 0. The van der Waals surface area contributed by atoms with E-state index >= 15 is 0 Å². The molecule has 0 amide bonds. The van der Waals surface area contributed by atoms with Crippen molar-refractivity contribution in [3.05, 3.63) is 23.3 Å². The van der Waals surface area contributed by atoms with E-state index in [4.69, 9.17) is 10.2 Å². The van der Waals surface area contributed by atoms with Gasteiger partial charge in [0, 0.05) is 23.3 Å². The van der Waals surface area contributed by atoms with E-state index in [-0.39, 0.29) is 11.1 Å². The first-order valence-electron chi connectivity index (χ1n) is 5.15. The van der Waals surface area contributed by atoms with Crippen LogP contribution in [0, 0.1) is 0 Å². The summed E-state index contributed by atoms with van der Waals surface area (Å²) in [6.07, 6.45) is 1.98. The Morgan fingerprint density at radius 3 is 1.15 bits per heavy atom. The van der Waals surface area contributed by atoms with E-state index in [2.05, 4.69) is 9.47 Å². The van der Waals surface area contributed by atoms with Gasteiger partial charge in [-0.15, -0.1) is 0 Å². The summed E-state index contributed by atoms with van der Waals surface area (Å²) in [6.45, 7) is 2.51. The summed E-state index contributed by atoms with van der Waals surface area (Å²) >= 11 is 0. The molecule has 0 aromatic rings. The zero-order valence-electron chi connectivity index (χ0n) is 11.5. The third kappa shape index (κ3) is 9.40. The molecule has 0 aliphatic carbocycles. The molecule has 0 radical (unpaired) electrons. The Morgan fingerprint density at radius 2 is 1.00 bits per heavy atom. The average molecular weight is 288 g/mol. The molecule has 0 rings (SSSR count). The number of rotatable bonds is 4. The highest BCUT2D eigenvalue weighted by atomic mass is 16.5. The van der Waals surface area contributed by atoms with Crippen LogP contribution in [0.25, 0.3) is 0 Å². The minimum Gasteiger partial charge on any atom is -0.478 e. The van der Waals surface area contributed by atoms with Crippen LogP contribution in [0.3, 0.4) is 0 Å². The van der Waals surface area contributed by atoms with Gasteiger partial charge in [0.05, 0.1) is 14.2 Å². The topological polar surface area (TPSA) is 127 Å². The zero-order valence-corrected chi connectivity index (χ0v) is 11.5. The Morgan fingerprint density at radius 1 is 0.750 bits per heavy atom. The highest BCUT2D eigenvalue weighted by molar-refractivity contribution is 5.97. The second-order valence-corrected chi connectivity index (χ2v) is 3.24. The molecule has 0 atom stereocenters. The lowest BCUT2D eigenvalue weighted by Crippen LogP contribution is -2.06. The third-order valence-electron chi connectivity index (χ3n) is 1.96. The second kappa shape index (κ2) is 10.3. The Hall–Kier alpha value is -2.64. The maximum Gasteiger partial charge on any atom is 0.331 e. The molecule has 0 fully saturated rings. The van der Waals surface area contributed by atoms with Crippen LogP contribution < -0.4 is 0 Å². The van der Waals surface area contributed by atoms with Crippen molar-refractivity contribution in [2.45, 2.75) is 13.8 Å². The van der Waals surface area contributed by atoms with Crippen molar-refractivity contribution in [1.82, 2.24) is 0 Å². The normalized spacial score (nSPS) is 10.8. The van der Waals surface area contributed by atoms with Crippen LogP contribution >= 0.6 is 0 Å². The number of aliphatic carboxylic acids is 2. The highest BCUT2D eigenvalue weighted by Crippen LogP contribution is 2.02. The minimum absolute atomic E-state index is 0.132. The van der Waals surface area contributed by atoms with E-state index in [0.717, 1.165) is 12.2 Å². The van der Waals surface area contributed by atoms with Crippen LogP contribution in [-0.2, 0) is 28.7 Å². The van der Waals surface area contributed by atoms with Crippen LogP contribution in [0.15, 0.2) is 23.3 Å². The van der Waals surface area contributed by atoms with E-state index in [1.165, 1.54) is 28.1 Å². The Bertz CT molecular complexity index is 404. The summed E-state index contributed by atoms with van der Waals surface area (Å²) in [4.78, 5) is 40.9. The summed E-state index contributed by atoms with van der Waals surface area (Å²) < 4.78 is 8.42. The van der Waals surface area contributed by atoms with Gasteiger partial charge in [0.15, 0.2) is 0 Å². The minimum atomic E-state index is -1.19. The largest absolute Gasteiger partial charge is 0.478 e. The van der Waals surface area contributed by atoms with Crippen molar-refractivity contribution in [1.29, 1.82) is 0 Å². The maximum absolute atomic E-state index is 10.3. The molecule has 112 valence electrons. The molecular formula is C12H16O8. The van der Waals surface area contributed by atoms with Gasteiger partial charge in [0.25, 0.3) is 0 Å². The van der Waals surface area contributed by atoms with E-state index in [9.17, 15) is 19.2 Å². The molecule has 8 heteroatoms. The lowest BCUT2D eigenvalue weighted by molar-refractivity contribution is -0.137. The number of methoxy groups -OCH3 is 2. The number of carboxylic acid groups (broad SMARTS) is 2. The molecule has 20 heavy (non-hydrogen) atoms. The molecule has 0 saturated carbocycles. The molecule has 0 bridgehead atoms. The Labute approximate surface area is 115 Å². The van der Waals surface area contributed by atoms with Crippen molar-refractivity contribution in [3.63, 3.8) is 0 Å². The predicted molar refractivity (Wildman–Crippen MR) is 66.8 cm³/mol. The van der Waals surface area contributed by atoms with Crippen LogP contribution in [0.4, 0.5) is 0 Å². The first-order chi connectivity index (χ1) is 9.17. The number of hydrogen-bond acceptors (Lipinski definition) is 6. The predicted octanol–water partition coefficient (Wildman–Crippen LogP) is 0.381. The molecule has 0 heterocycles. The fraction of sp³-hybridized carbons (Fsp3) is 0.333. The highest BCUT2D eigenvalue weighted by Gasteiger charge is 2.09. The van der Waals surface area contributed by atoms with Gasteiger partial charge in [0.2, 0.25) is 0 Å². The molecule has 0 aromatic heterocycles. The van der Waals surface area contributed by atoms with Gasteiger partial charge < -0.3 is 19.7 Å². The number of carbonyl (C=O) groups excluding carboxylic acids is 2. The quantitative estimate of drug-likeness (QED) is 0.561. The fourth-order valence-electron chi connectivity index (χ4n) is 0.593. The molecule has 8 nitrogen and oxygen atoms in total. The van der Waals surface area contributed by atoms with Crippen molar-refractivity contribution in [2.24, 2.45) is 0 Å². The van der Waals surface area contributed by atoms with Crippen molar-refractivity contribution < 1.29 is 38.9 Å². The first-order valence-corrected chi connectivity index (χ1v) is 5.15. The van der Waals surface area contributed by atoms with Crippen LogP contribution in [0.1, 0.15) is 13.8 Å². The SMILES string of the molecule is C/C(C(=O)O)=C(\C)C(=O)O.COC(=O)C=CC(=O)OC. The van der Waals surface area contributed by atoms with Gasteiger partial charge in [-0.25, -0.2) is 19.2 Å². The van der Waals surface area contributed by atoms with Crippen LogP contribution in [0.5, 0.6) is 0 Å². The number of esters is 2. The third-order valence-corrected chi connectivity index (χ3v) is 1.96. The lowest BCUT2D eigenvalue weighted by atomic mass is 10.1. The number of carboxylic acids is 2. The van der Waals surface area contributed by atoms with Crippen LogP contribution in [0.2, 0.25) is 0 Å². The van der Waals surface area contributed by atoms with Crippen molar-refractivity contribution in [3.8, 4) is 0 Å². The van der Waals surface area contributed by atoms with E-state index in [1.54, 1.807) is 0 Å². The summed E-state index contributed by atoms with van der Waals surface area (Å²) in [5.41, 5.74) is -0.264. The Kier molecular flexibility index (Phi) is 10.1. The number of ether oxygens (including phenoxy) is 2.